The number of nitrogens with one attached hydrogen (secondary N) is 1. The Morgan fingerprint density at radius 1 is 1.26 bits per heavy atom. The molecular formula is C13H18F2N2O2. The van der Waals surface area contributed by atoms with E-state index in [4.69, 9.17) is 10.5 Å². The van der Waals surface area contributed by atoms with Gasteiger partial charge in [0.05, 0.1) is 6.54 Å². The van der Waals surface area contributed by atoms with E-state index in [-0.39, 0.29) is 5.56 Å². The molecule has 0 aliphatic rings. The van der Waals surface area contributed by atoms with Gasteiger partial charge < -0.3 is 10.5 Å². The zero-order valence-electron chi connectivity index (χ0n) is 11.2. The molecule has 4 nitrogen and oxygen atoms in total. The van der Waals surface area contributed by atoms with Gasteiger partial charge in [-0.05, 0) is 32.9 Å². The van der Waals surface area contributed by atoms with E-state index in [1.165, 1.54) is 24.3 Å². The lowest BCUT2D eigenvalue weighted by atomic mass is 10.1. The minimum Gasteiger partial charge on any atom is -0.444 e. The van der Waals surface area contributed by atoms with Crippen LogP contribution in [0.2, 0.25) is 0 Å². The van der Waals surface area contributed by atoms with E-state index in [9.17, 15) is 13.6 Å². The first-order chi connectivity index (χ1) is 8.64. The summed E-state index contributed by atoms with van der Waals surface area (Å²) in [6, 6.07) is 5.20. The molecule has 0 aliphatic carbocycles. The first-order valence-electron chi connectivity index (χ1n) is 5.82. The Morgan fingerprint density at radius 3 is 2.21 bits per heavy atom. The zero-order valence-corrected chi connectivity index (χ0v) is 11.2. The molecule has 1 aromatic carbocycles. The molecular weight excluding hydrogens is 254 g/mol. The second-order valence-electron chi connectivity index (χ2n) is 5.11. The van der Waals surface area contributed by atoms with Crippen molar-refractivity contribution < 1.29 is 18.3 Å². The summed E-state index contributed by atoms with van der Waals surface area (Å²) in [5, 5.41) is 2.46. The van der Waals surface area contributed by atoms with Crippen LogP contribution in [0, 0.1) is 0 Å². The molecule has 1 amide bonds. The van der Waals surface area contributed by atoms with Gasteiger partial charge in [-0.15, -0.1) is 0 Å². The fourth-order valence-electron chi connectivity index (χ4n) is 1.34. The van der Waals surface area contributed by atoms with Gasteiger partial charge in [0.2, 0.25) is 0 Å². The van der Waals surface area contributed by atoms with Crippen LogP contribution in [0.5, 0.6) is 0 Å². The summed E-state index contributed by atoms with van der Waals surface area (Å²) in [7, 11) is 0. The summed E-state index contributed by atoms with van der Waals surface area (Å²) >= 11 is 0. The van der Waals surface area contributed by atoms with Crippen LogP contribution in [-0.4, -0.2) is 18.2 Å². The van der Waals surface area contributed by atoms with Gasteiger partial charge >= 0.3 is 6.09 Å². The lowest BCUT2D eigenvalue weighted by Gasteiger charge is -2.20. The van der Waals surface area contributed by atoms with Gasteiger partial charge in [0.15, 0.2) is 0 Å². The molecule has 6 heteroatoms. The molecule has 0 aliphatic heterocycles. The summed E-state index contributed by atoms with van der Waals surface area (Å²) in [5.41, 5.74) is 4.56. The van der Waals surface area contributed by atoms with Gasteiger partial charge in [0.1, 0.15) is 5.60 Å². The van der Waals surface area contributed by atoms with Gasteiger partial charge in [-0.1, -0.05) is 12.1 Å². The molecule has 0 atom stereocenters. The fourth-order valence-corrected chi connectivity index (χ4v) is 1.34. The van der Waals surface area contributed by atoms with Crippen molar-refractivity contribution in [2.45, 2.75) is 32.3 Å². The number of benzene rings is 1. The average Bonchev–Trinajstić information content (AvgIpc) is 2.27. The highest BCUT2D eigenvalue weighted by Crippen LogP contribution is 2.27. The van der Waals surface area contributed by atoms with Crippen LogP contribution in [0.4, 0.5) is 19.3 Å². The monoisotopic (exact) mass is 272 g/mol. The molecule has 106 valence electrons. The molecule has 0 unspecified atom stereocenters. The fraction of sp³-hybridized carbons (Fsp3) is 0.462. The van der Waals surface area contributed by atoms with Crippen molar-refractivity contribution in [3.05, 3.63) is 29.8 Å². The summed E-state index contributed by atoms with van der Waals surface area (Å²) in [6.45, 7) is 4.44. The average molecular weight is 272 g/mol. The summed E-state index contributed by atoms with van der Waals surface area (Å²) in [5.74, 6) is -3.07. The Balaban J connectivity index is 2.70. The Morgan fingerprint density at radius 2 is 1.79 bits per heavy atom. The Bertz CT molecular complexity index is 439. The van der Waals surface area contributed by atoms with Crippen molar-refractivity contribution >= 4 is 11.8 Å². The van der Waals surface area contributed by atoms with Gasteiger partial charge in [-0.25, -0.2) is 4.79 Å². The standard InChI is InChI=1S/C13H18F2N2O2/c1-12(2,3)19-11(18)17-10-6-4-9(5-7-10)13(14,15)8-16/h4-7H,8,16H2,1-3H3,(H,17,18). The van der Waals surface area contributed by atoms with Gasteiger partial charge in [0, 0.05) is 11.3 Å². The van der Waals surface area contributed by atoms with Crippen molar-refractivity contribution in [2.24, 2.45) is 5.73 Å². The summed E-state index contributed by atoms with van der Waals surface area (Å²) < 4.78 is 31.6. The number of amides is 1. The highest BCUT2D eigenvalue weighted by Gasteiger charge is 2.29. The molecule has 0 saturated carbocycles. The van der Waals surface area contributed by atoms with Crippen LogP contribution in [0.1, 0.15) is 26.3 Å². The number of nitrogens with two attached hydrogens (primary N) is 1. The molecule has 3 N–H and O–H groups in total. The third-order valence-electron chi connectivity index (χ3n) is 2.21. The molecule has 0 aromatic heterocycles. The maximum Gasteiger partial charge on any atom is 0.412 e. The molecule has 1 rings (SSSR count). The van der Waals surface area contributed by atoms with Crippen molar-refractivity contribution in [1.82, 2.24) is 0 Å². The highest BCUT2D eigenvalue weighted by atomic mass is 19.3. The van der Waals surface area contributed by atoms with Crippen molar-refractivity contribution in [3.8, 4) is 0 Å². The third-order valence-corrected chi connectivity index (χ3v) is 2.21. The quantitative estimate of drug-likeness (QED) is 0.888. The minimum atomic E-state index is -3.07. The Hall–Kier alpha value is -1.69. The molecule has 0 fully saturated rings. The molecule has 1 aromatic rings. The second kappa shape index (κ2) is 5.52. The molecule has 0 spiro atoms. The number of hydrogen-bond donors (Lipinski definition) is 2. The van der Waals surface area contributed by atoms with E-state index in [0.29, 0.717) is 5.69 Å². The molecule has 0 heterocycles. The number of ether oxygens (including phenoxy) is 1. The minimum absolute atomic E-state index is 0.190. The molecule has 0 radical (unpaired) electrons. The van der Waals surface area contributed by atoms with Crippen LogP contribution in [0.25, 0.3) is 0 Å². The van der Waals surface area contributed by atoms with Crippen molar-refractivity contribution in [1.29, 1.82) is 0 Å². The maximum atomic E-state index is 13.3. The van der Waals surface area contributed by atoms with E-state index in [0.717, 1.165) is 0 Å². The van der Waals surface area contributed by atoms with Crippen molar-refractivity contribution in [2.75, 3.05) is 11.9 Å². The second-order valence-corrected chi connectivity index (χ2v) is 5.11. The summed E-state index contributed by atoms with van der Waals surface area (Å²) in [6.07, 6.45) is -0.633. The number of rotatable bonds is 3. The molecule has 0 bridgehead atoms. The van der Waals surface area contributed by atoms with Gasteiger partial charge in [-0.2, -0.15) is 8.78 Å². The lowest BCUT2D eigenvalue weighted by Crippen LogP contribution is -2.27. The third kappa shape index (κ3) is 4.82. The Kier molecular flexibility index (Phi) is 4.47. The SMILES string of the molecule is CC(C)(C)OC(=O)Nc1ccc(C(F)(F)CN)cc1. The number of alkyl halides is 2. The van der Waals surface area contributed by atoms with Crippen molar-refractivity contribution in [3.63, 3.8) is 0 Å². The van der Waals surface area contributed by atoms with E-state index >= 15 is 0 Å². The van der Waals surface area contributed by atoms with Gasteiger partial charge in [-0.3, -0.25) is 5.32 Å². The van der Waals surface area contributed by atoms with Crippen LogP contribution < -0.4 is 11.1 Å². The zero-order chi connectivity index (χ0) is 14.7. The predicted molar refractivity (Wildman–Crippen MR) is 69.2 cm³/mol. The largest absolute Gasteiger partial charge is 0.444 e. The van der Waals surface area contributed by atoms with Crippen LogP contribution >= 0.6 is 0 Å². The lowest BCUT2D eigenvalue weighted by molar-refractivity contribution is 0.00597. The first-order valence-corrected chi connectivity index (χ1v) is 5.82. The Labute approximate surface area is 110 Å². The predicted octanol–water partition coefficient (Wildman–Crippen LogP) is 3.08. The number of anilines is 1. The van der Waals surface area contributed by atoms with E-state index in [1.807, 2.05) is 0 Å². The van der Waals surface area contributed by atoms with E-state index in [2.05, 4.69) is 5.32 Å². The first kappa shape index (κ1) is 15.4. The smallest absolute Gasteiger partial charge is 0.412 e. The number of carbonyl (C=O) groups excluding carboxylic acids is 1. The van der Waals surface area contributed by atoms with E-state index < -0.39 is 24.2 Å². The van der Waals surface area contributed by atoms with Gasteiger partial charge in [0.25, 0.3) is 5.92 Å². The molecule has 0 saturated heterocycles. The maximum absolute atomic E-state index is 13.3. The summed E-state index contributed by atoms with van der Waals surface area (Å²) in [4.78, 5) is 11.5. The molecule has 19 heavy (non-hydrogen) atoms. The topological polar surface area (TPSA) is 64.3 Å². The number of carbonyl (C=O) groups is 1. The number of hydrogen-bond acceptors (Lipinski definition) is 3. The van der Waals surface area contributed by atoms with E-state index in [1.54, 1.807) is 20.8 Å². The highest BCUT2D eigenvalue weighted by molar-refractivity contribution is 5.84. The normalized spacial score (nSPS) is 12.1. The number of halogens is 2. The van der Waals surface area contributed by atoms with Crippen LogP contribution in [0.3, 0.4) is 0 Å². The van der Waals surface area contributed by atoms with Crippen LogP contribution in [-0.2, 0) is 10.7 Å². The van der Waals surface area contributed by atoms with Crippen LogP contribution in [0.15, 0.2) is 24.3 Å².